The molecule has 1 aliphatic rings. The van der Waals surface area contributed by atoms with Crippen LogP contribution in [-0.2, 0) is 10.3 Å². The van der Waals surface area contributed by atoms with Gasteiger partial charge in [0.15, 0.2) is 0 Å². The molecule has 6 heteroatoms. The molecule has 3 N–H and O–H groups in total. The van der Waals surface area contributed by atoms with Crippen molar-refractivity contribution < 1.29 is 19.4 Å². The first kappa shape index (κ1) is 22.1. The Balaban J connectivity index is 1.92. The van der Waals surface area contributed by atoms with Gasteiger partial charge in [-0.1, -0.05) is 36.4 Å². The summed E-state index contributed by atoms with van der Waals surface area (Å²) in [5.74, 6) is 1.23. The second kappa shape index (κ2) is 10.5. The van der Waals surface area contributed by atoms with Gasteiger partial charge in [0.05, 0.1) is 5.60 Å². The minimum absolute atomic E-state index is 0.123. The zero-order valence-corrected chi connectivity index (χ0v) is 17.6. The Hall–Kier alpha value is -2.57. The summed E-state index contributed by atoms with van der Waals surface area (Å²) < 4.78 is 11.3. The maximum Gasteiger partial charge on any atom is 0.314 e. The summed E-state index contributed by atoms with van der Waals surface area (Å²) in [7, 11) is 1.68. The molecular formula is C24H32N2O4. The normalized spacial score (nSPS) is 18.6. The van der Waals surface area contributed by atoms with E-state index in [0.29, 0.717) is 37.6 Å². The number of methoxy groups -OCH3 is 1. The highest BCUT2D eigenvalue weighted by Gasteiger charge is 2.42. The number of carbonyl (C=O) groups excluding carboxylic acids is 1. The highest BCUT2D eigenvalue weighted by molar-refractivity contribution is 5.72. The number of carbonyl (C=O) groups is 1. The van der Waals surface area contributed by atoms with E-state index in [1.54, 1.807) is 12.0 Å². The minimum Gasteiger partial charge on any atom is -0.457 e. The summed E-state index contributed by atoms with van der Waals surface area (Å²) in [6.45, 7) is 1.72. The second-order valence-corrected chi connectivity index (χ2v) is 7.91. The third kappa shape index (κ3) is 5.32. The largest absolute Gasteiger partial charge is 0.457 e. The zero-order valence-electron chi connectivity index (χ0n) is 17.6. The molecule has 0 aromatic heterocycles. The fraction of sp³-hybridized carbons (Fsp3) is 0.458. The molecule has 1 unspecified atom stereocenters. The molecule has 0 spiro atoms. The number of ether oxygens (including phenoxy) is 2. The van der Waals surface area contributed by atoms with Crippen molar-refractivity contribution in [1.29, 1.82) is 0 Å². The van der Waals surface area contributed by atoms with E-state index in [0.717, 1.165) is 31.2 Å². The Bertz CT molecular complexity index is 814. The Morgan fingerprint density at radius 1 is 1.17 bits per heavy atom. The molecule has 0 bridgehead atoms. The van der Waals surface area contributed by atoms with Gasteiger partial charge in [0.2, 0.25) is 0 Å². The molecule has 2 amide bonds. The number of nitrogens with two attached hydrogens (primary N) is 1. The van der Waals surface area contributed by atoms with Crippen LogP contribution in [0.1, 0.15) is 37.7 Å². The first-order valence-corrected chi connectivity index (χ1v) is 10.6. The van der Waals surface area contributed by atoms with Crippen LogP contribution in [-0.4, -0.2) is 42.8 Å². The van der Waals surface area contributed by atoms with Gasteiger partial charge in [0.1, 0.15) is 11.5 Å². The molecule has 2 aromatic rings. The summed E-state index contributed by atoms with van der Waals surface area (Å²) >= 11 is 0. The molecule has 0 aliphatic carbocycles. The van der Waals surface area contributed by atoms with Gasteiger partial charge in [0, 0.05) is 38.3 Å². The van der Waals surface area contributed by atoms with E-state index in [1.807, 2.05) is 54.6 Å². The van der Waals surface area contributed by atoms with Crippen LogP contribution >= 0.6 is 0 Å². The number of rotatable bonds is 9. The lowest BCUT2D eigenvalue weighted by atomic mass is 9.73. The van der Waals surface area contributed by atoms with Crippen molar-refractivity contribution in [2.75, 3.05) is 26.8 Å². The topological polar surface area (TPSA) is 85.0 Å². The lowest BCUT2D eigenvalue weighted by Crippen LogP contribution is -2.49. The fourth-order valence-electron chi connectivity index (χ4n) is 4.30. The Kier molecular flexibility index (Phi) is 7.71. The van der Waals surface area contributed by atoms with Crippen LogP contribution in [0.2, 0.25) is 0 Å². The number of nitrogens with zero attached hydrogens (tertiary/aromatic N) is 1. The predicted octanol–water partition coefficient (Wildman–Crippen LogP) is 4.27. The number of aliphatic hydroxyl groups is 1. The van der Waals surface area contributed by atoms with Crippen molar-refractivity contribution in [3.05, 3.63) is 60.2 Å². The van der Waals surface area contributed by atoms with E-state index < -0.39 is 11.6 Å². The predicted molar refractivity (Wildman–Crippen MR) is 116 cm³/mol. The third-order valence-corrected chi connectivity index (χ3v) is 5.89. The number of para-hydroxylation sites is 2. The lowest BCUT2D eigenvalue weighted by molar-refractivity contribution is -0.0570. The molecule has 3 rings (SSSR count). The van der Waals surface area contributed by atoms with Crippen molar-refractivity contribution in [3.63, 3.8) is 0 Å². The van der Waals surface area contributed by atoms with Crippen LogP contribution in [0.25, 0.3) is 0 Å². The number of amides is 2. The van der Waals surface area contributed by atoms with Crippen LogP contribution in [0.4, 0.5) is 4.79 Å². The molecule has 1 aliphatic heterocycles. The summed E-state index contributed by atoms with van der Waals surface area (Å²) in [6.07, 6.45) is 3.85. The average molecular weight is 413 g/mol. The lowest BCUT2D eigenvalue weighted by Gasteiger charge is -2.43. The number of urea groups is 1. The Labute approximate surface area is 178 Å². The number of primary amides is 1. The molecular weight excluding hydrogens is 380 g/mol. The fourth-order valence-corrected chi connectivity index (χ4v) is 4.30. The molecule has 2 atom stereocenters. The van der Waals surface area contributed by atoms with Gasteiger partial charge in [-0.2, -0.15) is 0 Å². The third-order valence-electron chi connectivity index (χ3n) is 5.89. The van der Waals surface area contributed by atoms with E-state index in [-0.39, 0.29) is 5.92 Å². The summed E-state index contributed by atoms with van der Waals surface area (Å²) in [6, 6.07) is 16.8. The van der Waals surface area contributed by atoms with E-state index in [4.69, 9.17) is 15.2 Å². The Morgan fingerprint density at radius 3 is 2.63 bits per heavy atom. The van der Waals surface area contributed by atoms with Crippen molar-refractivity contribution in [3.8, 4) is 11.5 Å². The van der Waals surface area contributed by atoms with Crippen molar-refractivity contribution in [2.45, 2.75) is 37.7 Å². The van der Waals surface area contributed by atoms with Crippen LogP contribution in [0, 0.1) is 5.92 Å². The minimum atomic E-state index is -1.13. The van der Waals surface area contributed by atoms with Crippen molar-refractivity contribution in [2.24, 2.45) is 11.7 Å². The van der Waals surface area contributed by atoms with Gasteiger partial charge >= 0.3 is 6.03 Å². The number of unbranched alkanes of at least 4 members (excludes halogenated alkanes) is 1. The molecule has 1 saturated heterocycles. The molecule has 1 heterocycles. The molecule has 0 radical (unpaired) electrons. The summed E-state index contributed by atoms with van der Waals surface area (Å²) in [5.41, 5.74) is 5.17. The van der Waals surface area contributed by atoms with Crippen molar-refractivity contribution >= 4 is 6.03 Å². The van der Waals surface area contributed by atoms with Crippen LogP contribution in [0.5, 0.6) is 11.5 Å². The molecule has 30 heavy (non-hydrogen) atoms. The van der Waals surface area contributed by atoms with Crippen LogP contribution < -0.4 is 10.5 Å². The SMILES string of the molecule is COCCCC[C@@](O)(c1ccccc1Oc1ccccc1)C1CCCN(C(N)=O)C1. The van der Waals surface area contributed by atoms with Gasteiger partial charge < -0.3 is 25.2 Å². The van der Waals surface area contributed by atoms with Gasteiger partial charge in [-0.25, -0.2) is 4.79 Å². The van der Waals surface area contributed by atoms with Crippen LogP contribution in [0.15, 0.2) is 54.6 Å². The number of hydrogen-bond donors (Lipinski definition) is 2. The molecule has 6 nitrogen and oxygen atoms in total. The van der Waals surface area contributed by atoms with E-state index >= 15 is 0 Å². The number of piperidine rings is 1. The monoisotopic (exact) mass is 412 g/mol. The first-order valence-electron chi connectivity index (χ1n) is 10.6. The highest BCUT2D eigenvalue weighted by atomic mass is 16.5. The Morgan fingerprint density at radius 2 is 1.90 bits per heavy atom. The van der Waals surface area contributed by atoms with Gasteiger partial charge in [-0.05, 0) is 50.3 Å². The summed E-state index contributed by atoms with van der Waals surface area (Å²) in [4.78, 5) is 13.4. The quantitative estimate of drug-likeness (QED) is 0.602. The van der Waals surface area contributed by atoms with Gasteiger partial charge in [-0.3, -0.25) is 0 Å². The van der Waals surface area contributed by atoms with Gasteiger partial charge in [0.25, 0.3) is 0 Å². The average Bonchev–Trinajstić information content (AvgIpc) is 2.78. The molecule has 2 aromatic carbocycles. The van der Waals surface area contributed by atoms with Gasteiger partial charge in [-0.15, -0.1) is 0 Å². The van der Waals surface area contributed by atoms with Crippen molar-refractivity contribution in [1.82, 2.24) is 4.90 Å². The molecule has 162 valence electrons. The summed E-state index contributed by atoms with van der Waals surface area (Å²) in [5, 5.41) is 12.1. The second-order valence-electron chi connectivity index (χ2n) is 7.91. The standard InChI is InChI=1S/C24H32N2O4/c1-29-17-8-7-15-24(28,19-10-9-16-26(18-19)23(25)27)21-13-5-6-14-22(21)30-20-11-3-2-4-12-20/h2-6,11-14,19,28H,7-10,15-18H2,1H3,(H2,25,27)/t19?,24-/m0/s1. The molecule has 0 saturated carbocycles. The number of likely N-dealkylation sites (tertiary alicyclic amines) is 1. The van der Waals surface area contributed by atoms with E-state index in [9.17, 15) is 9.90 Å². The smallest absolute Gasteiger partial charge is 0.314 e. The maximum atomic E-state index is 12.1. The number of benzene rings is 2. The zero-order chi connectivity index (χ0) is 21.4. The maximum absolute atomic E-state index is 12.1. The van der Waals surface area contributed by atoms with Crippen LogP contribution in [0.3, 0.4) is 0 Å². The molecule has 1 fully saturated rings. The highest BCUT2D eigenvalue weighted by Crippen LogP contribution is 2.44. The van der Waals surface area contributed by atoms with E-state index in [2.05, 4.69) is 0 Å². The first-order chi connectivity index (χ1) is 14.5. The van der Waals surface area contributed by atoms with E-state index in [1.165, 1.54) is 0 Å². The number of hydrogen-bond acceptors (Lipinski definition) is 4.